The van der Waals surface area contributed by atoms with Gasteiger partial charge in [-0.3, -0.25) is 4.79 Å². The van der Waals surface area contributed by atoms with E-state index in [-0.39, 0.29) is 5.91 Å². The molecule has 0 saturated carbocycles. The highest BCUT2D eigenvalue weighted by Gasteiger charge is 2.17. The molecule has 0 bridgehead atoms. The fourth-order valence-corrected chi connectivity index (χ4v) is 4.40. The number of hydrogen-bond acceptors (Lipinski definition) is 4. The van der Waals surface area contributed by atoms with E-state index in [2.05, 4.69) is 61.8 Å². The summed E-state index contributed by atoms with van der Waals surface area (Å²) in [7, 11) is 1.69. The SMILES string of the molecule is COCCn1c(SCC(=O)Nc2c(C(C)C)cccc2C(C)C)nc2ccccc21. The van der Waals surface area contributed by atoms with E-state index < -0.39 is 0 Å². The van der Waals surface area contributed by atoms with Crippen molar-refractivity contribution < 1.29 is 9.53 Å². The number of thioether (sulfide) groups is 1. The molecule has 0 aliphatic carbocycles. The molecular weight excluding hydrogens is 394 g/mol. The summed E-state index contributed by atoms with van der Waals surface area (Å²) in [4.78, 5) is 17.6. The molecular formula is C24H31N3O2S. The molecule has 0 aliphatic rings. The molecule has 0 fully saturated rings. The maximum absolute atomic E-state index is 12.9. The molecule has 30 heavy (non-hydrogen) atoms. The molecule has 3 rings (SSSR count). The fourth-order valence-electron chi connectivity index (χ4n) is 3.56. The number of para-hydroxylation sites is 3. The number of rotatable bonds is 9. The summed E-state index contributed by atoms with van der Waals surface area (Å²) in [6, 6.07) is 14.3. The van der Waals surface area contributed by atoms with E-state index in [9.17, 15) is 4.79 Å². The van der Waals surface area contributed by atoms with Crippen LogP contribution >= 0.6 is 11.8 Å². The first-order valence-electron chi connectivity index (χ1n) is 10.4. The highest BCUT2D eigenvalue weighted by Crippen LogP contribution is 2.33. The van der Waals surface area contributed by atoms with Gasteiger partial charge in [-0.2, -0.15) is 0 Å². The number of amides is 1. The van der Waals surface area contributed by atoms with Gasteiger partial charge in [-0.05, 0) is 35.1 Å². The highest BCUT2D eigenvalue weighted by atomic mass is 32.2. The number of nitrogens with zero attached hydrogens (tertiary/aromatic N) is 2. The van der Waals surface area contributed by atoms with Gasteiger partial charge < -0.3 is 14.6 Å². The number of imidazole rings is 1. The lowest BCUT2D eigenvalue weighted by atomic mass is 9.92. The lowest BCUT2D eigenvalue weighted by Crippen LogP contribution is -2.18. The number of hydrogen-bond donors (Lipinski definition) is 1. The van der Waals surface area contributed by atoms with Crippen LogP contribution in [0.1, 0.15) is 50.7 Å². The standard InChI is InChI=1S/C24H31N3O2S/c1-16(2)18-9-8-10-19(17(3)4)23(18)26-22(28)15-30-24-25-20-11-6-7-12-21(20)27(24)13-14-29-5/h6-12,16-17H,13-15H2,1-5H3,(H,26,28). The van der Waals surface area contributed by atoms with Crippen molar-refractivity contribution in [3.8, 4) is 0 Å². The van der Waals surface area contributed by atoms with Crippen molar-refractivity contribution in [3.05, 3.63) is 53.6 Å². The van der Waals surface area contributed by atoms with Crippen LogP contribution in [0.2, 0.25) is 0 Å². The average Bonchev–Trinajstić information content (AvgIpc) is 3.08. The minimum Gasteiger partial charge on any atom is -0.383 e. The zero-order valence-corrected chi connectivity index (χ0v) is 19.3. The van der Waals surface area contributed by atoms with Gasteiger partial charge in [-0.15, -0.1) is 0 Å². The number of methoxy groups -OCH3 is 1. The maximum Gasteiger partial charge on any atom is 0.234 e. The number of fused-ring (bicyclic) bond motifs is 1. The number of carbonyl (C=O) groups excluding carboxylic acids is 1. The molecule has 0 radical (unpaired) electrons. The second kappa shape index (κ2) is 10.1. The van der Waals surface area contributed by atoms with Crippen molar-refractivity contribution in [1.82, 2.24) is 9.55 Å². The largest absolute Gasteiger partial charge is 0.383 e. The van der Waals surface area contributed by atoms with E-state index in [1.165, 1.54) is 22.9 Å². The van der Waals surface area contributed by atoms with Gasteiger partial charge in [0.1, 0.15) is 0 Å². The summed E-state index contributed by atoms with van der Waals surface area (Å²) in [6.07, 6.45) is 0. The lowest BCUT2D eigenvalue weighted by Gasteiger charge is -2.20. The second-order valence-electron chi connectivity index (χ2n) is 7.99. The number of nitrogens with one attached hydrogen (secondary N) is 1. The van der Waals surface area contributed by atoms with Gasteiger partial charge in [-0.1, -0.05) is 69.8 Å². The summed E-state index contributed by atoms with van der Waals surface area (Å²) < 4.78 is 7.38. The van der Waals surface area contributed by atoms with Gasteiger partial charge in [0.25, 0.3) is 0 Å². The van der Waals surface area contributed by atoms with Crippen LogP contribution in [0.5, 0.6) is 0 Å². The van der Waals surface area contributed by atoms with E-state index in [4.69, 9.17) is 9.72 Å². The number of ether oxygens (including phenoxy) is 1. The number of anilines is 1. The molecule has 2 aromatic carbocycles. The Morgan fingerprint density at radius 2 is 1.73 bits per heavy atom. The fraction of sp³-hybridized carbons (Fsp3) is 0.417. The normalized spacial score (nSPS) is 11.6. The van der Waals surface area contributed by atoms with Gasteiger partial charge in [0, 0.05) is 19.3 Å². The molecule has 0 saturated heterocycles. The summed E-state index contributed by atoms with van der Waals surface area (Å²) >= 11 is 1.46. The van der Waals surface area contributed by atoms with Crippen molar-refractivity contribution in [2.45, 2.75) is 51.2 Å². The lowest BCUT2D eigenvalue weighted by molar-refractivity contribution is -0.113. The summed E-state index contributed by atoms with van der Waals surface area (Å²) in [6.45, 7) is 9.92. The quantitative estimate of drug-likeness (QED) is 0.449. The third-order valence-electron chi connectivity index (χ3n) is 5.11. The van der Waals surface area contributed by atoms with Crippen LogP contribution in [-0.2, 0) is 16.1 Å². The molecule has 0 spiro atoms. The average molecular weight is 426 g/mol. The minimum absolute atomic E-state index is 0.0136. The molecule has 1 N–H and O–H groups in total. The number of carbonyl (C=O) groups is 1. The maximum atomic E-state index is 12.9. The Bertz CT molecular complexity index is 985. The van der Waals surface area contributed by atoms with Gasteiger partial charge >= 0.3 is 0 Å². The van der Waals surface area contributed by atoms with Gasteiger partial charge in [0.15, 0.2) is 5.16 Å². The zero-order chi connectivity index (χ0) is 21.7. The summed E-state index contributed by atoms with van der Waals surface area (Å²) in [5, 5.41) is 4.02. The Balaban J connectivity index is 1.79. The van der Waals surface area contributed by atoms with Crippen molar-refractivity contribution in [1.29, 1.82) is 0 Å². The van der Waals surface area contributed by atoms with Crippen LogP contribution in [0, 0.1) is 0 Å². The van der Waals surface area contributed by atoms with E-state index in [0.717, 1.165) is 21.9 Å². The number of benzene rings is 2. The van der Waals surface area contributed by atoms with Crippen LogP contribution in [0.3, 0.4) is 0 Å². The predicted molar refractivity (Wildman–Crippen MR) is 126 cm³/mol. The van der Waals surface area contributed by atoms with E-state index in [1.54, 1.807) is 7.11 Å². The van der Waals surface area contributed by atoms with Crippen LogP contribution in [-0.4, -0.2) is 34.9 Å². The first-order chi connectivity index (χ1) is 14.4. The molecule has 1 heterocycles. The van der Waals surface area contributed by atoms with E-state index >= 15 is 0 Å². The van der Waals surface area contributed by atoms with Crippen molar-refractivity contribution in [3.63, 3.8) is 0 Å². The Morgan fingerprint density at radius 1 is 1.07 bits per heavy atom. The Kier molecular flexibility index (Phi) is 7.56. The van der Waals surface area contributed by atoms with Crippen LogP contribution in [0.4, 0.5) is 5.69 Å². The van der Waals surface area contributed by atoms with Crippen molar-refractivity contribution in [2.24, 2.45) is 0 Å². The van der Waals surface area contributed by atoms with Crippen LogP contribution in [0.25, 0.3) is 11.0 Å². The minimum atomic E-state index is -0.0136. The predicted octanol–water partition coefficient (Wildman–Crippen LogP) is 5.66. The monoisotopic (exact) mass is 425 g/mol. The molecule has 1 aromatic heterocycles. The molecule has 6 heteroatoms. The van der Waals surface area contributed by atoms with Crippen LogP contribution < -0.4 is 5.32 Å². The topological polar surface area (TPSA) is 56.1 Å². The Labute approximate surface area is 183 Å². The Hall–Kier alpha value is -2.31. The third-order valence-corrected chi connectivity index (χ3v) is 6.08. The van der Waals surface area contributed by atoms with Crippen molar-refractivity contribution >= 4 is 34.4 Å². The molecule has 160 valence electrons. The molecule has 5 nitrogen and oxygen atoms in total. The van der Waals surface area contributed by atoms with E-state index in [0.29, 0.717) is 30.7 Å². The molecule has 3 aromatic rings. The van der Waals surface area contributed by atoms with Gasteiger partial charge in [-0.25, -0.2) is 4.98 Å². The molecule has 1 amide bonds. The smallest absolute Gasteiger partial charge is 0.234 e. The second-order valence-corrected chi connectivity index (χ2v) is 8.93. The van der Waals surface area contributed by atoms with E-state index in [1.807, 2.05) is 18.2 Å². The van der Waals surface area contributed by atoms with Crippen molar-refractivity contribution in [2.75, 3.05) is 24.8 Å². The highest BCUT2D eigenvalue weighted by molar-refractivity contribution is 7.99. The summed E-state index contributed by atoms with van der Waals surface area (Å²) in [5.41, 5.74) is 5.30. The first-order valence-corrected chi connectivity index (χ1v) is 11.4. The van der Waals surface area contributed by atoms with Gasteiger partial charge in [0.05, 0.1) is 23.4 Å². The zero-order valence-electron chi connectivity index (χ0n) is 18.4. The van der Waals surface area contributed by atoms with Crippen LogP contribution in [0.15, 0.2) is 47.6 Å². The molecule has 0 aliphatic heterocycles. The molecule has 0 unspecified atom stereocenters. The number of aromatic nitrogens is 2. The Morgan fingerprint density at radius 3 is 2.37 bits per heavy atom. The first kappa shape index (κ1) is 22.4. The van der Waals surface area contributed by atoms with Gasteiger partial charge in [0.2, 0.25) is 5.91 Å². The summed E-state index contributed by atoms with van der Waals surface area (Å²) in [5.74, 6) is 0.968. The molecule has 0 atom stereocenters. The third kappa shape index (κ3) is 5.05.